The maximum atomic E-state index is 12.0. The van der Waals surface area contributed by atoms with Gasteiger partial charge in [-0.2, -0.15) is 0 Å². The van der Waals surface area contributed by atoms with E-state index in [2.05, 4.69) is 15.0 Å². The Morgan fingerprint density at radius 3 is 2.35 bits per heavy atom. The summed E-state index contributed by atoms with van der Waals surface area (Å²) in [5, 5.41) is 12.1. The molecule has 1 aromatic heterocycles. The highest BCUT2D eigenvalue weighted by molar-refractivity contribution is 5.46. The molecule has 0 spiro atoms. The number of nitrogens with one attached hydrogen (secondary N) is 1. The van der Waals surface area contributed by atoms with E-state index in [1.807, 2.05) is 0 Å². The number of ether oxygens (including phenoxy) is 1. The number of hydrogen-bond acceptors (Lipinski definition) is 4. The Kier molecular flexibility index (Phi) is 3.97. The Morgan fingerprint density at radius 1 is 1.10 bits per heavy atom. The summed E-state index contributed by atoms with van der Waals surface area (Å²) >= 11 is 0. The van der Waals surface area contributed by atoms with Crippen molar-refractivity contribution in [2.24, 2.45) is 0 Å². The Hall–Kier alpha value is -2.44. The van der Waals surface area contributed by atoms with E-state index in [0.29, 0.717) is 17.9 Å². The smallest absolute Gasteiger partial charge is 0.506 e. The average Bonchev–Trinajstić information content (AvgIpc) is 2.38. The number of pyridine rings is 1. The van der Waals surface area contributed by atoms with Gasteiger partial charge in [0.25, 0.3) is 0 Å². The van der Waals surface area contributed by atoms with Crippen molar-refractivity contribution in [2.75, 3.05) is 5.32 Å². The highest BCUT2D eigenvalue weighted by Gasteiger charge is 2.30. The molecule has 0 aliphatic rings. The number of anilines is 1. The summed E-state index contributed by atoms with van der Waals surface area (Å²) in [4.78, 5) is 3.97. The molecule has 106 valence electrons. The van der Waals surface area contributed by atoms with Crippen LogP contribution in [-0.4, -0.2) is 16.5 Å². The predicted octanol–water partition coefficient (Wildman–Crippen LogP) is 3.30. The minimum Gasteiger partial charge on any atom is -0.506 e. The standard InChI is InChI=1S/C13H11F3N2O2/c14-13(15,16)20-12-5-2-9(3-6-12)17-7-10-1-4-11(19)8-18-10/h1-6,8,17,19H,7H2. The molecule has 1 aromatic carbocycles. The van der Waals surface area contributed by atoms with E-state index >= 15 is 0 Å². The second-order valence-electron chi connectivity index (χ2n) is 3.93. The largest absolute Gasteiger partial charge is 0.573 e. The first-order valence-electron chi connectivity index (χ1n) is 5.66. The molecule has 0 radical (unpaired) electrons. The van der Waals surface area contributed by atoms with Gasteiger partial charge < -0.3 is 15.2 Å². The maximum Gasteiger partial charge on any atom is 0.573 e. The van der Waals surface area contributed by atoms with Gasteiger partial charge in [0, 0.05) is 5.69 Å². The average molecular weight is 284 g/mol. The second kappa shape index (κ2) is 5.68. The minimum absolute atomic E-state index is 0.0717. The molecule has 0 aliphatic carbocycles. The van der Waals surface area contributed by atoms with Crippen LogP contribution in [0.4, 0.5) is 18.9 Å². The number of nitrogens with zero attached hydrogens (tertiary/aromatic N) is 1. The molecule has 4 nitrogen and oxygen atoms in total. The van der Waals surface area contributed by atoms with Crippen LogP contribution < -0.4 is 10.1 Å². The second-order valence-corrected chi connectivity index (χ2v) is 3.93. The van der Waals surface area contributed by atoms with E-state index in [0.717, 1.165) is 0 Å². The van der Waals surface area contributed by atoms with Crippen LogP contribution in [-0.2, 0) is 6.54 Å². The van der Waals surface area contributed by atoms with Gasteiger partial charge in [-0.15, -0.1) is 13.2 Å². The first-order chi connectivity index (χ1) is 9.42. The Morgan fingerprint density at radius 2 is 1.80 bits per heavy atom. The van der Waals surface area contributed by atoms with Crippen LogP contribution in [0.15, 0.2) is 42.6 Å². The lowest BCUT2D eigenvalue weighted by Crippen LogP contribution is -2.17. The zero-order valence-corrected chi connectivity index (χ0v) is 10.2. The molecule has 1 heterocycles. The Balaban J connectivity index is 1.92. The minimum atomic E-state index is -4.69. The quantitative estimate of drug-likeness (QED) is 0.904. The monoisotopic (exact) mass is 284 g/mol. The van der Waals surface area contributed by atoms with Crippen molar-refractivity contribution in [3.05, 3.63) is 48.3 Å². The maximum absolute atomic E-state index is 12.0. The number of benzene rings is 1. The van der Waals surface area contributed by atoms with Crippen molar-refractivity contribution >= 4 is 5.69 Å². The van der Waals surface area contributed by atoms with Crippen molar-refractivity contribution in [3.63, 3.8) is 0 Å². The van der Waals surface area contributed by atoms with Crippen LogP contribution in [0.5, 0.6) is 11.5 Å². The van der Waals surface area contributed by atoms with E-state index < -0.39 is 6.36 Å². The lowest BCUT2D eigenvalue weighted by Gasteiger charge is -2.10. The molecular formula is C13H11F3N2O2. The van der Waals surface area contributed by atoms with Gasteiger partial charge in [0.05, 0.1) is 18.4 Å². The van der Waals surface area contributed by atoms with Crippen LogP contribution in [0, 0.1) is 0 Å². The zero-order chi connectivity index (χ0) is 14.6. The third kappa shape index (κ3) is 4.34. The molecule has 0 saturated heterocycles. The van der Waals surface area contributed by atoms with Crippen molar-refractivity contribution < 1.29 is 23.0 Å². The van der Waals surface area contributed by atoms with E-state index in [1.165, 1.54) is 36.5 Å². The summed E-state index contributed by atoms with van der Waals surface area (Å²) < 4.78 is 39.7. The molecule has 0 saturated carbocycles. The van der Waals surface area contributed by atoms with E-state index in [-0.39, 0.29) is 11.5 Å². The first kappa shape index (κ1) is 14.0. The molecule has 2 aromatic rings. The van der Waals surface area contributed by atoms with Crippen LogP contribution in [0.2, 0.25) is 0 Å². The summed E-state index contributed by atoms with van der Waals surface area (Å²) in [5.41, 5.74) is 1.33. The van der Waals surface area contributed by atoms with Gasteiger partial charge in [0.2, 0.25) is 0 Å². The van der Waals surface area contributed by atoms with Gasteiger partial charge in [-0.25, -0.2) is 0 Å². The SMILES string of the molecule is Oc1ccc(CNc2ccc(OC(F)(F)F)cc2)nc1. The third-order valence-electron chi connectivity index (χ3n) is 2.37. The van der Waals surface area contributed by atoms with Crippen molar-refractivity contribution in [2.45, 2.75) is 12.9 Å². The number of hydrogen-bond donors (Lipinski definition) is 2. The van der Waals surface area contributed by atoms with E-state index in [4.69, 9.17) is 5.11 Å². The van der Waals surface area contributed by atoms with Crippen LogP contribution in [0.25, 0.3) is 0 Å². The van der Waals surface area contributed by atoms with Gasteiger partial charge in [0.1, 0.15) is 11.5 Å². The topological polar surface area (TPSA) is 54.4 Å². The Bertz CT molecular complexity index is 553. The normalized spacial score (nSPS) is 11.2. The van der Waals surface area contributed by atoms with Crippen LogP contribution in [0.3, 0.4) is 0 Å². The van der Waals surface area contributed by atoms with Crippen LogP contribution >= 0.6 is 0 Å². The molecule has 2 rings (SSSR count). The molecule has 0 bridgehead atoms. The number of halogens is 3. The van der Waals surface area contributed by atoms with Crippen LogP contribution in [0.1, 0.15) is 5.69 Å². The molecule has 0 atom stereocenters. The fourth-order valence-corrected chi connectivity index (χ4v) is 1.49. The van der Waals surface area contributed by atoms with Crippen molar-refractivity contribution in [1.29, 1.82) is 0 Å². The lowest BCUT2D eigenvalue weighted by atomic mass is 10.3. The fourth-order valence-electron chi connectivity index (χ4n) is 1.49. The predicted molar refractivity (Wildman–Crippen MR) is 66.4 cm³/mol. The number of alkyl halides is 3. The molecule has 20 heavy (non-hydrogen) atoms. The van der Waals surface area contributed by atoms with Gasteiger partial charge in [0.15, 0.2) is 0 Å². The van der Waals surface area contributed by atoms with Gasteiger partial charge >= 0.3 is 6.36 Å². The third-order valence-corrected chi connectivity index (χ3v) is 2.37. The Labute approximate surface area is 112 Å². The molecule has 0 aliphatic heterocycles. The summed E-state index contributed by atoms with van der Waals surface area (Å²) in [6.07, 6.45) is -3.37. The zero-order valence-electron chi connectivity index (χ0n) is 10.2. The highest BCUT2D eigenvalue weighted by atomic mass is 19.4. The van der Waals surface area contributed by atoms with Gasteiger partial charge in [-0.05, 0) is 36.4 Å². The summed E-state index contributed by atoms with van der Waals surface area (Å²) in [6.45, 7) is 0.389. The van der Waals surface area contributed by atoms with E-state index in [9.17, 15) is 13.2 Å². The fraction of sp³-hybridized carbons (Fsp3) is 0.154. The lowest BCUT2D eigenvalue weighted by molar-refractivity contribution is -0.274. The van der Waals surface area contributed by atoms with Gasteiger partial charge in [-0.1, -0.05) is 0 Å². The number of aromatic hydroxyl groups is 1. The summed E-state index contributed by atoms with van der Waals surface area (Å²) in [6, 6.07) is 8.54. The summed E-state index contributed by atoms with van der Waals surface area (Å²) in [5.74, 6) is -0.201. The van der Waals surface area contributed by atoms with Crippen molar-refractivity contribution in [3.8, 4) is 11.5 Å². The molecule has 0 fully saturated rings. The first-order valence-corrected chi connectivity index (χ1v) is 5.66. The molecular weight excluding hydrogens is 273 g/mol. The van der Waals surface area contributed by atoms with Crippen molar-refractivity contribution in [1.82, 2.24) is 4.98 Å². The number of aromatic nitrogens is 1. The molecule has 0 amide bonds. The van der Waals surface area contributed by atoms with E-state index in [1.54, 1.807) is 6.07 Å². The highest BCUT2D eigenvalue weighted by Crippen LogP contribution is 2.24. The van der Waals surface area contributed by atoms with Gasteiger partial charge in [-0.3, -0.25) is 4.98 Å². The molecule has 2 N–H and O–H groups in total. The molecule has 7 heteroatoms. The molecule has 0 unspecified atom stereocenters. The number of rotatable bonds is 4. The summed E-state index contributed by atoms with van der Waals surface area (Å²) in [7, 11) is 0.